The lowest BCUT2D eigenvalue weighted by Crippen LogP contribution is -1.93. The van der Waals surface area contributed by atoms with Crippen molar-refractivity contribution in [1.82, 2.24) is 0 Å². The molecule has 0 unspecified atom stereocenters. The van der Waals surface area contributed by atoms with Gasteiger partial charge >= 0.3 is 0 Å². The summed E-state index contributed by atoms with van der Waals surface area (Å²) in [5, 5.41) is 3.40. The van der Waals surface area contributed by atoms with Crippen molar-refractivity contribution in [1.29, 1.82) is 0 Å². The fourth-order valence-electron chi connectivity index (χ4n) is 1.35. The molecule has 0 N–H and O–H groups in total. The Morgan fingerprint density at radius 2 is 2.40 bits per heavy atom. The first-order chi connectivity index (χ1) is 7.42. The van der Waals surface area contributed by atoms with Gasteiger partial charge in [0.05, 0.1) is 0 Å². The molecular weight excluding hydrogens is 194 g/mol. The normalized spacial score (nSPS) is 12.8. The molecule has 15 heavy (non-hydrogen) atoms. The van der Waals surface area contributed by atoms with E-state index in [0.29, 0.717) is 6.54 Å². The average molecular weight is 203 g/mol. The Kier molecular flexibility index (Phi) is 2.76. The molecule has 2 rings (SSSR count). The summed E-state index contributed by atoms with van der Waals surface area (Å²) >= 11 is 0. The third-order valence-electron chi connectivity index (χ3n) is 1.97. The minimum Gasteiger partial charge on any atom is -0.454 e. The Bertz CT molecular complexity index is 436. The van der Waals surface area contributed by atoms with Gasteiger partial charge in [0.1, 0.15) is 0 Å². The maximum atomic E-state index is 8.10. The first-order valence-corrected chi connectivity index (χ1v) is 4.48. The molecule has 0 aliphatic carbocycles. The molecule has 0 fully saturated rings. The van der Waals surface area contributed by atoms with E-state index in [9.17, 15) is 0 Å². The number of rotatable bonds is 3. The van der Waals surface area contributed by atoms with Crippen molar-refractivity contribution in [3.63, 3.8) is 0 Å². The van der Waals surface area contributed by atoms with Crippen molar-refractivity contribution < 1.29 is 9.47 Å². The highest BCUT2D eigenvalue weighted by Gasteiger charge is 2.14. The van der Waals surface area contributed by atoms with Gasteiger partial charge in [-0.15, -0.1) is 0 Å². The monoisotopic (exact) mass is 203 g/mol. The van der Waals surface area contributed by atoms with Crippen molar-refractivity contribution in [2.45, 2.75) is 0 Å². The van der Waals surface area contributed by atoms with Crippen molar-refractivity contribution >= 4 is 6.08 Å². The first kappa shape index (κ1) is 9.43. The van der Waals surface area contributed by atoms with Crippen LogP contribution in [0.4, 0.5) is 0 Å². The molecule has 76 valence electrons. The van der Waals surface area contributed by atoms with Crippen molar-refractivity contribution in [3.8, 4) is 11.5 Å². The Morgan fingerprint density at radius 3 is 3.27 bits per heavy atom. The predicted octanol–water partition coefficient (Wildman–Crippen LogP) is 2.74. The number of azide groups is 1. The summed E-state index contributed by atoms with van der Waals surface area (Å²) in [5.41, 5.74) is 9.03. The van der Waals surface area contributed by atoms with Gasteiger partial charge < -0.3 is 9.47 Å². The average Bonchev–Trinajstić information content (AvgIpc) is 2.73. The van der Waals surface area contributed by atoms with E-state index in [1.54, 1.807) is 6.08 Å². The molecule has 0 atom stereocenters. The van der Waals surface area contributed by atoms with E-state index >= 15 is 0 Å². The summed E-state index contributed by atoms with van der Waals surface area (Å²) < 4.78 is 10.5. The number of fused-ring (bicyclic) bond motifs is 1. The Hall–Kier alpha value is -2.13. The lowest BCUT2D eigenvalue weighted by Gasteiger charge is -1.99. The Balaban J connectivity index is 2.18. The lowest BCUT2D eigenvalue weighted by molar-refractivity contribution is 0.174. The molecule has 0 bridgehead atoms. The number of nitrogens with zero attached hydrogens (tertiary/aromatic N) is 3. The largest absolute Gasteiger partial charge is 0.454 e. The molecule has 0 saturated carbocycles. The molecule has 1 aromatic rings. The summed E-state index contributed by atoms with van der Waals surface area (Å²) in [7, 11) is 0. The quantitative estimate of drug-likeness (QED) is 0.430. The van der Waals surface area contributed by atoms with Gasteiger partial charge in [-0.25, -0.2) is 0 Å². The zero-order valence-corrected chi connectivity index (χ0v) is 7.96. The van der Waals surface area contributed by atoms with Gasteiger partial charge in [0.25, 0.3) is 0 Å². The molecule has 0 radical (unpaired) electrons. The smallest absolute Gasteiger partial charge is 0.231 e. The zero-order chi connectivity index (χ0) is 10.5. The topological polar surface area (TPSA) is 67.2 Å². The molecule has 1 aliphatic rings. The van der Waals surface area contributed by atoms with Gasteiger partial charge in [0.2, 0.25) is 6.79 Å². The molecule has 1 aromatic carbocycles. The molecule has 0 amide bonds. The molecule has 1 heterocycles. The second kappa shape index (κ2) is 4.39. The molecule has 5 nitrogen and oxygen atoms in total. The van der Waals surface area contributed by atoms with Crippen LogP contribution in [0.15, 0.2) is 29.4 Å². The van der Waals surface area contributed by atoms with Crippen LogP contribution in [0.25, 0.3) is 16.5 Å². The third-order valence-corrected chi connectivity index (χ3v) is 1.97. The molecule has 0 saturated heterocycles. The van der Waals surface area contributed by atoms with Crippen LogP contribution in [-0.2, 0) is 0 Å². The van der Waals surface area contributed by atoms with E-state index in [4.69, 9.17) is 15.0 Å². The van der Waals surface area contributed by atoms with Crippen molar-refractivity contribution in [2.24, 2.45) is 5.11 Å². The maximum absolute atomic E-state index is 8.10. The highest BCUT2D eigenvalue weighted by atomic mass is 16.7. The second-order valence-electron chi connectivity index (χ2n) is 2.90. The minimum absolute atomic E-state index is 0.260. The van der Waals surface area contributed by atoms with Crippen LogP contribution in [-0.4, -0.2) is 13.3 Å². The standard InChI is InChI=1S/C10H9N3O2/c11-13-12-6-2-4-8-3-1-5-9-10(8)15-7-14-9/h1-5H,6-7H2. The molecule has 1 aliphatic heterocycles. The van der Waals surface area contributed by atoms with Crippen LogP contribution in [0, 0.1) is 0 Å². The van der Waals surface area contributed by atoms with Crippen LogP contribution in [0.3, 0.4) is 0 Å². The summed E-state index contributed by atoms with van der Waals surface area (Å²) in [6.07, 6.45) is 3.62. The number of benzene rings is 1. The second-order valence-corrected chi connectivity index (χ2v) is 2.90. The highest BCUT2D eigenvalue weighted by Crippen LogP contribution is 2.35. The number of hydrogen-bond acceptors (Lipinski definition) is 3. The molecule has 0 aromatic heterocycles. The lowest BCUT2D eigenvalue weighted by atomic mass is 10.2. The molecular formula is C10H9N3O2. The summed E-state index contributed by atoms with van der Waals surface area (Å²) in [6.45, 7) is 0.595. The summed E-state index contributed by atoms with van der Waals surface area (Å²) in [5.74, 6) is 1.50. The first-order valence-electron chi connectivity index (χ1n) is 4.48. The van der Waals surface area contributed by atoms with E-state index in [1.165, 1.54) is 0 Å². The van der Waals surface area contributed by atoms with E-state index in [1.807, 2.05) is 24.3 Å². The van der Waals surface area contributed by atoms with Gasteiger partial charge in [0, 0.05) is 17.0 Å². The van der Waals surface area contributed by atoms with E-state index in [2.05, 4.69) is 10.0 Å². The molecule has 5 heteroatoms. The Morgan fingerprint density at radius 1 is 1.47 bits per heavy atom. The predicted molar refractivity (Wildman–Crippen MR) is 55.6 cm³/mol. The van der Waals surface area contributed by atoms with E-state index in [-0.39, 0.29) is 6.79 Å². The van der Waals surface area contributed by atoms with Crippen LogP contribution in [0.1, 0.15) is 5.56 Å². The van der Waals surface area contributed by atoms with Gasteiger partial charge in [-0.3, -0.25) is 0 Å². The number of hydrogen-bond donors (Lipinski definition) is 0. The van der Waals surface area contributed by atoms with Gasteiger partial charge in [-0.2, -0.15) is 0 Å². The van der Waals surface area contributed by atoms with Crippen molar-refractivity contribution in [2.75, 3.05) is 13.3 Å². The highest BCUT2D eigenvalue weighted by molar-refractivity contribution is 5.63. The van der Waals surface area contributed by atoms with Crippen molar-refractivity contribution in [3.05, 3.63) is 40.3 Å². The zero-order valence-electron chi connectivity index (χ0n) is 7.96. The molecule has 0 spiro atoms. The van der Waals surface area contributed by atoms with E-state index in [0.717, 1.165) is 17.1 Å². The van der Waals surface area contributed by atoms with Gasteiger partial charge in [0.15, 0.2) is 11.5 Å². The fraction of sp³-hybridized carbons (Fsp3) is 0.200. The van der Waals surface area contributed by atoms with Crippen LogP contribution >= 0.6 is 0 Å². The van der Waals surface area contributed by atoms with Crippen LogP contribution < -0.4 is 9.47 Å². The Labute approximate surface area is 86.6 Å². The van der Waals surface area contributed by atoms with Crippen LogP contribution in [0.5, 0.6) is 11.5 Å². The van der Waals surface area contributed by atoms with Crippen LogP contribution in [0.2, 0.25) is 0 Å². The SMILES string of the molecule is [N-]=[N+]=NCC=Cc1cccc2c1OCO2. The van der Waals surface area contributed by atoms with Gasteiger partial charge in [-0.05, 0) is 11.6 Å². The third kappa shape index (κ3) is 2.03. The summed E-state index contributed by atoms with van der Waals surface area (Å²) in [4.78, 5) is 2.66. The van der Waals surface area contributed by atoms with E-state index < -0.39 is 0 Å². The number of para-hydroxylation sites is 1. The summed E-state index contributed by atoms with van der Waals surface area (Å²) in [6, 6.07) is 5.66. The maximum Gasteiger partial charge on any atom is 0.231 e. The number of ether oxygens (including phenoxy) is 2. The minimum atomic E-state index is 0.260. The fourth-order valence-corrected chi connectivity index (χ4v) is 1.35. The van der Waals surface area contributed by atoms with Gasteiger partial charge in [-0.1, -0.05) is 29.4 Å².